The normalized spacial score (nSPS) is 29.6. The van der Waals surface area contributed by atoms with Crippen molar-refractivity contribution in [1.82, 2.24) is 0 Å². The summed E-state index contributed by atoms with van der Waals surface area (Å²) in [4.78, 5) is 24.5. The SMILES string of the molecule is CCCCCCC(=O)CCCCC12CC3CC(C1)CC(CCCCC(=O)CCCCCC)(C3)C2. The number of Topliss-reactive ketones (excluding diaryl/α,β-unsaturated/α-hetero) is 2. The Kier molecular flexibility index (Phi) is 11.6. The second-order valence-corrected chi connectivity index (χ2v) is 13.1. The van der Waals surface area contributed by atoms with E-state index in [2.05, 4.69) is 13.8 Å². The van der Waals surface area contributed by atoms with Crippen LogP contribution in [0.1, 0.15) is 168 Å². The minimum atomic E-state index is 0.512. The number of hydrogen-bond acceptors (Lipinski definition) is 2. The number of ketones is 2. The molecule has 0 aliphatic heterocycles. The molecule has 0 saturated heterocycles. The third kappa shape index (κ3) is 8.77. The molecular formula is C32H56O2. The van der Waals surface area contributed by atoms with Crippen molar-refractivity contribution >= 4 is 11.6 Å². The van der Waals surface area contributed by atoms with Gasteiger partial charge in [0, 0.05) is 25.7 Å². The average molecular weight is 473 g/mol. The van der Waals surface area contributed by atoms with E-state index in [9.17, 15) is 9.59 Å². The van der Waals surface area contributed by atoms with Crippen LogP contribution in [0.4, 0.5) is 0 Å². The van der Waals surface area contributed by atoms with Crippen molar-refractivity contribution in [2.24, 2.45) is 22.7 Å². The Hall–Kier alpha value is -0.660. The van der Waals surface area contributed by atoms with Gasteiger partial charge in [0.25, 0.3) is 0 Å². The summed E-state index contributed by atoms with van der Waals surface area (Å²) in [6.45, 7) is 4.46. The third-order valence-corrected chi connectivity index (χ3v) is 9.75. The predicted molar refractivity (Wildman–Crippen MR) is 144 cm³/mol. The molecule has 2 nitrogen and oxygen atoms in total. The molecule has 0 radical (unpaired) electrons. The maximum atomic E-state index is 12.2. The van der Waals surface area contributed by atoms with Gasteiger partial charge in [-0.2, -0.15) is 0 Å². The van der Waals surface area contributed by atoms with Gasteiger partial charge >= 0.3 is 0 Å². The van der Waals surface area contributed by atoms with E-state index in [0.29, 0.717) is 22.4 Å². The quantitative estimate of drug-likeness (QED) is 0.165. The monoisotopic (exact) mass is 472 g/mol. The minimum absolute atomic E-state index is 0.512. The van der Waals surface area contributed by atoms with Crippen molar-refractivity contribution in [2.75, 3.05) is 0 Å². The molecule has 196 valence electrons. The number of unbranched alkanes of at least 4 members (excludes halogenated alkanes) is 8. The summed E-state index contributed by atoms with van der Waals surface area (Å²) >= 11 is 0. The predicted octanol–water partition coefficient (Wildman–Crippen LogP) is 9.77. The van der Waals surface area contributed by atoms with Gasteiger partial charge in [-0.15, -0.1) is 0 Å². The van der Waals surface area contributed by atoms with Gasteiger partial charge in [0.05, 0.1) is 0 Å². The highest BCUT2D eigenvalue weighted by molar-refractivity contribution is 5.78. The van der Waals surface area contributed by atoms with Crippen molar-refractivity contribution in [2.45, 2.75) is 168 Å². The molecule has 4 aliphatic rings. The fourth-order valence-corrected chi connectivity index (χ4v) is 8.63. The lowest BCUT2D eigenvalue weighted by molar-refractivity contribution is -0.122. The summed E-state index contributed by atoms with van der Waals surface area (Å²) in [5.41, 5.74) is 1.20. The van der Waals surface area contributed by atoms with Crippen LogP contribution in [0.15, 0.2) is 0 Å². The Morgan fingerprint density at radius 2 is 0.941 bits per heavy atom. The molecule has 4 rings (SSSR count). The number of hydrogen-bond donors (Lipinski definition) is 0. The van der Waals surface area contributed by atoms with Crippen LogP contribution in [0.5, 0.6) is 0 Å². The Bertz CT molecular complexity index is 557. The summed E-state index contributed by atoms with van der Waals surface area (Å²) in [5.74, 6) is 2.97. The van der Waals surface area contributed by atoms with Gasteiger partial charge in [-0.3, -0.25) is 9.59 Å². The molecule has 0 aromatic carbocycles. The van der Waals surface area contributed by atoms with Crippen LogP contribution < -0.4 is 0 Å². The topological polar surface area (TPSA) is 34.1 Å². The molecule has 0 unspecified atom stereocenters. The summed E-state index contributed by atoms with van der Waals surface area (Å²) in [6, 6.07) is 0. The van der Waals surface area contributed by atoms with Crippen molar-refractivity contribution in [3.63, 3.8) is 0 Å². The average Bonchev–Trinajstić information content (AvgIpc) is 2.79. The van der Waals surface area contributed by atoms with E-state index in [1.807, 2.05) is 0 Å². The van der Waals surface area contributed by atoms with Gasteiger partial charge in [0.2, 0.25) is 0 Å². The van der Waals surface area contributed by atoms with Gasteiger partial charge in [-0.1, -0.05) is 65.2 Å². The maximum Gasteiger partial charge on any atom is 0.132 e. The molecular weight excluding hydrogens is 416 g/mol. The highest BCUT2D eigenvalue weighted by atomic mass is 16.1. The first-order valence-electron chi connectivity index (χ1n) is 15.5. The number of carbonyl (C=O) groups is 2. The zero-order valence-corrected chi connectivity index (χ0v) is 22.9. The van der Waals surface area contributed by atoms with E-state index in [1.54, 1.807) is 0 Å². The van der Waals surface area contributed by atoms with E-state index in [-0.39, 0.29) is 0 Å². The molecule has 0 spiro atoms. The van der Waals surface area contributed by atoms with E-state index in [1.165, 1.54) is 103 Å². The molecule has 4 bridgehead atoms. The third-order valence-electron chi connectivity index (χ3n) is 9.75. The molecule has 0 atom stereocenters. The largest absolute Gasteiger partial charge is 0.300 e. The molecule has 0 N–H and O–H groups in total. The van der Waals surface area contributed by atoms with Gasteiger partial charge < -0.3 is 0 Å². The van der Waals surface area contributed by atoms with Crippen LogP contribution in [0.3, 0.4) is 0 Å². The summed E-state index contributed by atoms with van der Waals surface area (Å²) in [6.07, 6.45) is 29.4. The smallest absolute Gasteiger partial charge is 0.132 e. The molecule has 4 aliphatic carbocycles. The van der Waals surface area contributed by atoms with Crippen molar-refractivity contribution in [3.05, 3.63) is 0 Å². The summed E-state index contributed by atoms with van der Waals surface area (Å²) < 4.78 is 0. The first kappa shape index (κ1) is 27.9. The fourth-order valence-electron chi connectivity index (χ4n) is 8.63. The molecule has 0 amide bonds. The first-order chi connectivity index (χ1) is 16.5. The van der Waals surface area contributed by atoms with E-state index in [0.717, 1.165) is 63.2 Å². The minimum Gasteiger partial charge on any atom is -0.300 e. The van der Waals surface area contributed by atoms with Crippen LogP contribution in [-0.2, 0) is 9.59 Å². The highest BCUT2D eigenvalue weighted by Gasteiger charge is 2.56. The lowest BCUT2D eigenvalue weighted by Crippen LogP contribution is -2.51. The summed E-state index contributed by atoms with van der Waals surface area (Å²) in [7, 11) is 0. The van der Waals surface area contributed by atoms with Crippen LogP contribution in [0.2, 0.25) is 0 Å². The second-order valence-electron chi connectivity index (χ2n) is 13.1. The van der Waals surface area contributed by atoms with E-state index >= 15 is 0 Å². The molecule has 0 heterocycles. The molecule has 0 aromatic rings. The first-order valence-corrected chi connectivity index (χ1v) is 15.5. The Labute approximate surface area is 211 Å². The van der Waals surface area contributed by atoms with Crippen LogP contribution >= 0.6 is 0 Å². The zero-order valence-electron chi connectivity index (χ0n) is 22.9. The fraction of sp³-hybridized carbons (Fsp3) is 0.938. The van der Waals surface area contributed by atoms with Crippen molar-refractivity contribution in [1.29, 1.82) is 0 Å². The zero-order chi connectivity index (χ0) is 24.3. The van der Waals surface area contributed by atoms with Crippen molar-refractivity contribution < 1.29 is 9.59 Å². The van der Waals surface area contributed by atoms with Crippen molar-refractivity contribution in [3.8, 4) is 0 Å². The molecule has 34 heavy (non-hydrogen) atoms. The molecule has 0 aromatic heterocycles. The Morgan fingerprint density at radius 3 is 1.32 bits per heavy atom. The van der Waals surface area contributed by atoms with Gasteiger partial charge in [-0.25, -0.2) is 0 Å². The standard InChI is InChI=1S/C32H56O2/c1-3-5-7-9-15-29(33)17-11-13-19-31-22-27-21-28(23-31)25-32(24-27,26-31)20-14-12-18-30(34)16-10-8-6-4-2/h27-28H,3-26H2,1-2H3. The Balaban J connectivity index is 1.35. The summed E-state index contributed by atoms with van der Waals surface area (Å²) in [5, 5.41) is 0. The highest BCUT2D eigenvalue weighted by Crippen LogP contribution is 2.68. The van der Waals surface area contributed by atoms with E-state index < -0.39 is 0 Å². The van der Waals surface area contributed by atoms with Crippen LogP contribution in [-0.4, -0.2) is 11.6 Å². The molecule has 4 saturated carbocycles. The number of rotatable bonds is 20. The van der Waals surface area contributed by atoms with Gasteiger partial charge in [-0.05, 0) is 99.7 Å². The van der Waals surface area contributed by atoms with E-state index in [4.69, 9.17) is 0 Å². The Morgan fingerprint density at radius 1 is 0.559 bits per heavy atom. The lowest BCUT2D eigenvalue weighted by Gasteiger charge is -2.63. The number of carbonyl (C=O) groups excluding carboxylic acids is 2. The van der Waals surface area contributed by atoms with Crippen LogP contribution in [0, 0.1) is 22.7 Å². The second kappa shape index (κ2) is 14.2. The van der Waals surface area contributed by atoms with Gasteiger partial charge in [0.1, 0.15) is 11.6 Å². The lowest BCUT2D eigenvalue weighted by atomic mass is 9.42. The van der Waals surface area contributed by atoms with Gasteiger partial charge in [0.15, 0.2) is 0 Å². The maximum absolute atomic E-state index is 12.2. The van der Waals surface area contributed by atoms with Crippen LogP contribution in [0.25, 0.3) is 0 Å². The molecule has 4 fully saturated rings. The molecule has 2 heteroatoms.